The second-order valence-electron chi connectivity index (χ2n) is 19.7. The minimum Gasteiger partial charge on any atom is -0.394 e. The van der Waals surface area contributed by atoms with Crippen molar-refractivity contribution in [2.45, 2.75) is 302 Å². The van der Waals surface area contributed by atoms with Crippen molar-refractivity contribution in [3.05, 3.63) is 85.1 Å². The predicted molar refractivity (Wildman–Crippen MR) is 299 cm³/mol. The number of rotatable bonds is 53. The van der Waals surface area contributed by atoms with Gasteiger partial charge in [-0.3, -0.25) is 4.79 Å². The van der Waals surface area contributed by atoms with Crippen molar-refractivity contribution in [2.75, 3.05) is 6.61 Å². The first-order valence-corrected chi connectivity index (χ1v) is 29.3. The van der Waals surface area contributed by atoms with Crippen LogP contribution in [0.4, 0.5) is 0 Å². The molecule has 0 spiro atoms. The lowest BCUT2D eigenvalue weighted by molar-refractivity contribution is -0.123. The van der Waals surface area contributed by atoms with Gasteiger partial charge in [0.25, 0.3) is 0 Å². The lowest BCUT2D eigenvalue weighted by Crippen LogP contribution is -2.45. The van der Waals surface area contributed by atoms with Crippen LogP contribution in [0.1, 0.15) is 290 Å². The lowest BCUT2D eigenvalue weighted by atomic mass is 10.0. The molecule has 0 rings (SSSR count). The molecule has 0 aromatic rings. The summed E-state index contributed by atoms with van der Waals surface area (Å²) in [5.74, 6) is -0.0663. The topological polar surface area (TPSA) is 69.6 Å². The van der Waals surface area contributed by atoms with E-state index < -0.39 is 12.1 Å². The van der Waals surface area contributed by atoms with Crippen molar-refractivity contribution >= 4 is 5.91 Å². The van der Waals surface area contributed by atoms with Crippen molar-refractivity contribution < 1.29 is 15.0 Å². The molecule has 0 aromatic heterocycles. The van der Waals surface area contributed by atoms with Crippen LogP contribution in [0, 0.1) is 0 Å². The van der Waals surface area contributed by atoms with Gasteiger partial charge >= 0.3 is 0 Å². The first-order chi connectivity index (χ1) is 33.2. The molecule has 0 saturated heterocycles. The van der Waals surface area contributed by atoms with Gasteiger partial charge < -0.3 is 15.5 Å². The Labute approximate surface area is 418 Å². The van der Waals surface area contributed by atoms with E-state index in [9.17, 15) is 15.0 Å². The fourth-order valence-corrected chi connectivity index (χ4v) is 8.71. The summed E-state index contributed by atoms with van der Waals surface area (Å²) in [6.45, 7) is 4.21. The highest BCUT2D eigenvalue weighted by Crippen LogP contribution is 2.17. The monoisotopic (exact) mass is 932 g/mol. The normalized spacial score (nSPS) is 13.4. The van der Waals surface area contributed by atoms with Crippen molar-refractivity contribution in [2.24, 2.45) is 0 Å². The van der Waals surface area contributed by atoms with Crippen LogP contribution in [0.15, 0.2) is 85.1 Å². The van der Waals surface area contributed by atoms with Crippen LogP contribution < -0.4 is 5.32 Å². The van der Waals surface area contributed by atoms with Crippen molar-refractivity contribution in [1.82, 2.24) is 5.32 Å². The Morgan fingerprint density at radius 2 is 0.657 bits per heavy atom. The molecule has 388 valence electrons. The molecular formula is C63H113NO3. The third-order valence-electron chi connectivity index (χ3n) is 13.1. The number of aliphatic hydroxyl groups is 2. The molecule has 0 fully saturated rings. The van der Waals surface area contributed by atoms with Gasteiger partial charge in [-0.1, -0.05) is 298 Å². The molecule has 0 heterocycles. The Morgan fingerprint density at radius 3 is 0.985 bits per heavy atom. The van der Waals surface area contributed by atoms with E-state index in [1.807, 2.05) is 6.08 Å². The molecule has 1 amide bonds. The van der Waals surface area contributed by atoms with Crippen molar-refractivity contribution in [3.8, 4) is 0 Å². The third-order valence-corrected chi connectivity index (χ3v) is 13.1. The quantitative estimate of drug-likeness (QED) is 0.0420. The van der Waals surface area contributed by atoms with Gasteiger partial charge in [0.05, 0.1) is 18.8 Å². The molecule has 4 heteroatoms. The minimum atomic E-state index is -0.845. The zero-order valence-corrected chi connectivity index (χ0v) is 44.7. The number of unbranched alkanes of at least 4 members (excludes halogenated alkanes) is 34. The highest BCUT2D eigenvalue weighted by molar-refractivity contribution is 5.76. The number of hydrogen-bond donors (Lipinski definition) is 3. The average molecular weight is 933 g/mol. The van der Waals surface area contributed by atoms with Crippen LogP contribution in [0.3, 0.4) is 0 Å². The summed E-state index contributed by atoms with van der Waals surface area (Å²) in [5, 5.41) is 23.2. The Kier molecular flexibility index (Phi) is 55.8. The predicted octanol–water partition coefficient (Wildman–Crippen LogP) is 19.5. The molecule has 3 N–H and O–H groups in total. The van der Waals surface area contributed by atoms with Crippen LogP contribution in [-0.2, 0) is 4.79 Å². The van der Waals surface area contributed by atoms with E-state index >= 15 is 0 Å². The minimum absolute atomic E-state index is 0.0663. The van der Waals surface area contributed by atoms with E-state index in [2.05, 4.69) is 92.1 Å². The van der Waals surface area contributed by atoms with Crippen LogP contribution >= 0.6 is 0 Å². The Bertz CT molecular complexity index is 1190. The number of hydrogen-bond acceptors (Lipinski definition) is 3. The average Bonchev–Trinajstić information content (AvgIpc) is 3.33. The summed E-state index contributed by atoms with van der Waals surface area (Å²) in [6.07, 6.45) is 84.6. The second-order valence-corrected chi connectivity index (χ2v) is 19.7. The summed E-state index contributed by atoms with van der Waals surface area (Å²) in [7, 11) is 0. The van der Waals surface area contributed by atoms with Crippen molar-refractivity contribution in [1.29, 1.82) is 0 Å². The van der Waals surface area contributed by atoms with Crippen LogP contribution in [0.5, 0.6) is 0 Å². The standard InChI is InChI=1S/C63H113NO3/c1-3-5-7-9-11-13-15-17-19-21-23-25-27-29-30-31-32-33-34-35-37-39-41-43-45-47-49-51-53-55-57-59-63(67)64-61(60-65)62(66)58-56-54-52-50-48-46-44-42-40-38-36-28-26-24-22-20-18-16-14-12-10-8-6-4-2/h5,7,11,13,17,19,23,25,29-30,32-33,56,58,61-62,65-66H,3-4,6,8-10,12,14-16,18,20-22,24,26-28,31,34-55,57,59-60H2,1-2H3,(H,64,67)/b7-5-,13-11-,19-17-,25-23-,30-29-,33-32-,58-56+. The molecule has 0 radical (unpaired) electrons. The molecule has 0 aliphatic carbocycles. The van der Waals surface area contributed by atoms with E-state index in [4.69, 9.17) is 0 Å². The van der Waals surface area contributed by atoms with E-state index in [-0.39, 0.29) is 12.5 Å². The highest BCUT2D eigenvalue weighted by atomic mass is 16.3. The van der Waals surface area contributed by atoms with E-state index in [1.165, 1.54) is 205 Å². The molecule has 0 aromatic carbocycles. The van der Waals surface area contributed by atoms with Gasteiger partial charge in [-0.2, -0.15) is 0 Å². The van der Waals surface area contributed by atoms with E-state index in [0.717, 1.165) is 64.2 Å². The Morgan fingerprint density at radius 1 is 0.373 bits per heavy atom. The maximum Gasteiger partial charge on any atom is 0.220 e. The zero-order valence-electron chi connectivity index (χ0n) is 44.7. The maximum absolute atomic E-state index is 12.5. The van der Waals surface area contributed by atoms with Gasteiger partial charge in [0, 0.05) is 6.42 Å². The molecule has 67 heavy (non-hydrogen) atoms. The molecule has 0 aliphatic rings. The van der Waals surface area contributed by atoms with Gasteiger partial charge in [-0.25, -0.2) is 0 Å². The number of carbonyl (C=O) groups excluding carboxylic acids is 1. The van der Waals surface area contributed by atoms with Gasteiger partial charge in [0.2, 0.25) is 5.91 Å². The summed E-state index contributed by atoms with van der Waals surface area (Å²) in [6, 6.07) is -0.629. The fraction of sp³-hybridized carbons (Fsp3) is 0.762. The van der Waals surface area contributed by atoms with Crippen LogP contribution in [-0.4, -0.2) is 34.9 Å². The second kappa shape index (κ2) is 57.9. The zero-order chi connectivity index (χ0) is 48.5. The largest absolute Gasteiger partial charge is 0.394 e. The summed E-state index contributed by atoms with van der Waals surface area (Å²) >= 11 is 0. The molecule has 2 atom stereocenters. The van der Waals surface area contributed by atoms with Crippen LogP contribution in [0.2, 0.25) is 0 Å². The molecule has 4 nitrogen and oxygen atoms in total. The highest BCUT2D eigenvalue weighted by Gasteiger charge is 2.18. The number of nitrogens with one attached hydrogen (secondary N) is 1. The van der Waals surface area contributed by atoms with Crippen molar-refractivity contribution in [3.63, 3.8) is 0 Å². The van der Waals surface area contributed by atoms with Crippen LogP contribution in [0.25, 0.3) is 0 Å². The first kappa shape index (κ1) is 64.6. The number of carbonyl (C=O) groups is 1. The van der Waals surface area contributed by atoms with E-state index in [1.54, 1.807) is 6.08 Å². The molecule has 0 aliphatic heterocycles. The Balaban J connectivity index is 3.53. The van der Waals surface area contributed by atoms with Gasteiger partial charge in [0.15, 0.2) is 0 Å². The SMILES string of the molecule is CC/C=C\C/C=C\C/C=C\C/C=C\C/C=C\C/C=C\CCCCCCCCCCCCCCC(=O)NC(CO)C(O)/C=C/CCCCCCCCCCCCCCCCCCCCCCCC. The summed E-state index contributed by atoms with van der Waals surface area (Å²) < 4.78 is 0. The summed E-state index contributed by atoms with van der Waals surface area (Å²) in [5.41, 5.74) is 0. The van der Waals surface area contributed by atoms with Gasteiger partial charge in [0.1, 0.15) is 0 Å². The van der Waals surface area contributed by atoms with E-state index in [0.29, 0.717) is 6.42 Å². The fourth-order valence-electron chi connectivity index (χ4n) is 8.71. The lowest BCUT2D eigenvalue weighted by Gasteiger charge is -2.20. The smallest absolute Gasteiger partial charge is 0.220 e. The number of amides is 1. The van der Waals surface area contributed by atoms with Gasteiger partial charge in [-0.15, -0.1) is 0 Å². The number of allylic oxidation sites excluding steroid dienone is 13. The third kappa shape index (κ3) is 54.4. The molecule has 2 unspecified atom stereocenters. The Hall–Kier alpha value is -2.43. The number of aliphatic hydroxyl groups excluding tert-OH is 2. The van der Waals surface area contributed by atoms with Gasteiger partial charge in [-0.05, 0) is 70.6 Å². The molecule has 0 saturated carbocycles. The first-order valence-electron chi connectivity index (χ1n) is 29.3. The molecule has 0 bridgehead atoms. The maximum atomic E-state index is 12.5. The molecular weight excluding hydrogens is 819 g/mol. The summed E-state index contributed by atoms with van der Waals surface area (Å²) in [4.78, 5) is 12.5.